The molecule has 2 aromatic rings. The van der Waals surface area contributed by atoms with E-state index in [1.165, 1.54) is 23.9 Å². The first kappa shape index (κ1) is 20.1. The molecular formula is C21H25FN4O2S. The van der Waals surface area contributed by atoms with Crippen molar-refractivity contribution in [1.29, 1.82) is 0 Å². The van der Waals surface area contributed by atoms with Crippen molar-refractivity contribution in [3.63, 3.8) is 0 Å². The fourth-order valence-corrected chi connectivity index (χ4v) is 4.64. The Morgan fingerprint density at radius 1 is 1.31 bits per heavy atom. The van der Waals surface area contributed by atoms with Crippen LogP contribution in [0.4, 0.5) is 4.39 Å². The fourth-order valence-electron chi connectivity index (χ4n) is 3.68. The molecule has 1 aliphatic heterocycles. The Balaban J connectivity index is 1.57. The number of hydrogen-bond acceptors (Lipinski definition) is 6. The van der Waals surface area contributed by atoms with Crippen LogP contribution in [0.5, 0.6) is 0 Å². The highest BCUT2D eigenvalue weighted by Crippen LogP contribution is 2.26. The van der Waals surface area contributed by atoms with Crippen LogP contribution in [0, 0.1) is 5.82 Å². The molecule has 0 bridgehead atoms. The van der Waals surface area contributed by atoms with Crippen LogP contribution in [0.2, 0.25) is 0 Å². The van der Waals surface area contributed by atoms with E-state index < -0.39 is 0 Å². The van der Waals surface area contributed by atoms with Crippen LogP contribution in [0.25, 0.3) is 0 Å². The third-order valence-electron chi connectivity index (χ3n) is 5.21. The van der Waals surface area contributed by atoms with Gasteiger partial charge in [0.25, 0.3) is 5.56 Å². The molecule has 0 saturated carbocycles. The monoisotopic (exact) mass is 416 g/mol. The van der Waals surface area contributed by atoms with E-state index >= 15 is 0 Å². The van der Waals surface area contributed by atoms with Crippen molar-refractivity contribution in [2.75, 3.05) is 0 Å². The quantitative estimate of drug-likeness (QED) is 0.526. The van der Waals surface area contributed by atoms with Gasteiger partial charge in [-0.2, -0.15) is 4.98 Å². The van der Waals surface area contributed by atoms with Gasteiger partial charge >= 0.3 is 0 Å². The summed E-state index contributed by atoms with van der Waals surface area (Å²) in [6, 6.07) is 6.41. The number of unbranched alkanes of at least 4 members (excludes halogenated alkanes) is 1. The smallest absolute Gasteiger partial charge is 0.277 e. The molecule has 0 saturated heterocycles. The minimum absolute atomic E-state index is 0.131. The lowest BCUT2D eigenvalue weighted by Gasteiger charge is -2.16. The Kier molecular flexibility index (Phi) is 6.30. The lowest BCUT2D eigenvalue weighted by molar-refractivity contribution is 0.0314. The standard InChI is InChI=1S/C21H25FN4O2S/c1-2-3-7-19-23-18(25-28-19)12-26-17-6-4-5-16(17)20(27)24-21(26)29-13-14-8-10-15(22)11-9-14/h8-11,19H,2-7,12-13H2,1H3,(H,23,25). The van der Waals surface area contributed by atoms with E-state index in [-0.39, 0.29) is 17.6 Å². The van der Waals surface area contributed by atoms with Crippen molar-refractivity contribution >= 4 is 17.6 Å². The van der Waals surface area contributed by atoms with Gasteiger partial charge in [0.05, 0.1) is 6.54 Å². The van der Waals surface area contributed by atoms with E-state index in [2.05, 4.69) is 26.9 Å². The molecule has 0 amide bonds. The number of benzene rings is 1. The van der Waals surface area contributed by atoms with Gasteiger partial charge in [-0.25, -0.2) is 19.7 Å². The molecule has 4 rings (SSSR count). The number of hydrogen-bond donors (Lipinski definition) is 1. The second-order valence-electron chi connectivity index (χ2n) is 7.37. The number of rotatable bonds is 8. The van der Waals surface area contributed by atoms with Crippen LogP contribution in [-0.4, -0.2) is 21.6 Å². The Morgan fingerprint density at radius 3 is 2.93 bits per heavy atom. The SMILES string of the molecule is CCCCC1N=C(Cn2c(SCc3ccc(F)cc3)nc(=O)c3c2CCC3)NO1. The fraction of sp³-hybridized carbons (Fsp3) is 0.476. The molecule has 6 nitrogen and oxygen atoms in total. The zero-order valence-corrected chi connectivity index (χ0v) is 17.3. The maximum Gasteiger partial charge on any atom is 0.277 e. The minimum Gasteiger partial charge on any atom is -0.316 e. The van der Waals surface area contributed by atoms with Crippen LogP contribution < -0.4 is 11.0 Å². The second kappa shape index (κ2) is 9.09. The predicted molar refractivity (Wildman–Crippen MR) is 111 cm³/mol. The van der Waals surface area contributed by atoms with E-state index in [0.29, 0.717) is 17.5 Å². The third-order valence-corrected chi connectivity index (χ3v) is 6.25. The number of thioether (sulfide) groups is 1. The Labute approximate surface area is 173 Å². The topological polar surface area (TPSA) is 68.5 Å². The zero-order valence-electron chi connectivity index (χ0n) is 16.5. The molecule has 8 heteroatoms. The largest absolute Gasteiger partial charge is 0.316 e. The van der Waals surface area contributed by atoms with Crippen molar-refractivity contribution in [3.8, 4) is 0 Å². The summed E-state index contributed by atoms with van der Waals surface area (Å²) in [5.74, 6) is 1.12. The highest BCUT2D eigenvalue weighted by atomic mass is 32.2. The van der Waals surface area contributed by atoms with Gasteiger partial charge in [0.15, 0.2) is 11.4 Å². The summed E-state index contributed by atoms with van der Waals surface area (Å²) in [4.78, 5) is 27.1. The molecular weight excluding hydrogens is 391 g/mol. The average molecular weight is 417 g/mol. The molecule has 1 aromatic carbocycles. The highest BCUT2D eigenvalue weighted by Gasteiger charge is 2.24. The first-order valence-corrected chi connectivity index (χ1v) is 11.1. The number of aromatic nitrogens is 2. The lowest BCUT2D eigenvalue weighted by atomic mass is 10.2. The van der Waals surface area contributed by atoms with Crippen LogP contribution in [-0.2, 0) is 30.0 Å². The molecule has 1 N–H and O–H groups in total. The van der Waals surface area contributed by atoms with E-state index in [1.807, 2.05) is 0 Å². The molecule has 0 spiro atoms. The first-order chi connectivity index (χ1) is 14.1. The Morgan fingerprint density at radius 2 is 2.14 bits per heavy atom. The van der Waals surface area contributed by atoms with Crippen molar-refractivity contribution in [3.05, 3.63) is 57.3 Å². The molecule has 0 fully saturated rings. The third kappa shape index (κ3) is 4.70. The minimum atomic E-state index is -0.255. The summed E-state index contributed by atoms with van der Waals surface area (Å²) in [6.45, 7) is 2.65. The number of nitrogens with zero attached hydrogens (tertiary/aromatic N) is 3. The number of hydroxylamine groups is 1. The first-order valence-electron chi connectivity index (χ1n) is 10.1. The van der Waals surface area contributed by atoms with Crippen molar-refractivity contribution in [1.82, 2.24) is 15.0 Å². The summed E-state index contributed by atoms with van der Waals surface area (Å²) in [7, 11) is 0. The van der Waals surface area contributed by atoms with Gasteiger partial charge in [0.1, 0.15) is 11.7 Å². The van der Waals surface area contributed by atoms with Gasteiger partial charge in [0.2, 0.25) is 0 Å². The number of fused-ring (bicyclic) bond motifs is 1. The van der Waals surface area contributed by atoms with E-state index in [4.69, 9.17) is 4.84 Å². The lowest BCUT2D eigenvalue weighted by Crippen LogP contribution is -2.28. The van der Waals surface area contributed by atoms with Crippen molar-refractivity contribution in [2.45, 2.75) is 69.1 Å². The predicted octanol–water partition coefficient (Wildman–Crippen LogP) is 3.61. The van der Waals surface area contributed by atoms with Gasteiger partial charge in [-0.15, -0.1) is 0 Å². The molecule has 0 radical (unpaired) electrons. The summed E-state index contributed by atoms with van der Waals surface area (Å²) >= 11 is 1.49. The molecule has 2 aliphatic rings. The summed E-state index contributed by atoms with van der Waals surface area (Å²) in [6.07, 6.45) is 5.52. The number of halogens is 1. The zero-order chi connectivity index (χ0) is 20.2. The average Bonchev–Trinajstić information content (AvgIpc) is 3.38. The number of nitrogens with one attached hydrogen (secondary N) is 1. The van der Waals surface area contributed by atoms with Crippen molar-refractivity contribution < 1.29 is 9.23 Å². The van der Waals surface area contributed by atoms with Crippen LogP contribution in [0.1, 0.15) is 49.4 Å². The van der Waals surface area contributed by atoms with Gasteiger partial charge in [-0.1, -0.05) is 37.2 Å². The number of amidine groups is 1. The van der Waals surface area contributed by atoms with E-state index in [1.54, 1.807) is 12.1 Å². The number of aliphatic imine (C=N–C) groups is 1. The van der Waals surface area contributed by atoms with Crippen molar-refractivity contribution in [2.24, 2.45) is 4.99 Å². The van der Waals surface area contributed by atoms with Gasteiger partial charge in [0, 0.05) is 17.0 Å². The Bertz CT molecular complexity index is 958. The second-order valence-corrected chi connectivity index (χ2v) is 8.31. The molecule has 1 atom stereocenters. The molecule has 1 aliphatic carbocycles. The highest BCUT2D eigenvalue weighted by molar-refractivity contribution is 7.98. The maximum absolute atomic E-state index is 13.2. The summed E-state index contributed by atoms with van der Waals surface area (Å²) in [5.41, 5.74) is 5.67. The van der Waals surface area contributed by atoms with E-state index in [9.17, 15) is 9.18 Å². The van der Waals surface area contributed by atoms with Gasteiger partial charge in [-0.05, 0) is 49.8 Å². The molecule has 1 aromatic heterocycles. The van der Waals surface area contributed by atoms with Crippen LogP contribution >= 0.6 is 11.8 Å². The molecule has 154 valence electrons. The van der Waals surface area contributed by atoms with Crippen LogP contribution in [0.3, 0.4) is 0 Å². The molecule has 1 unspecified atom stereocenters. The summed E-state index contributed by atoms with van der Waals surface area (Å²) in [5, 5.41) is 0.668. The molecule has 29 heavy (non-hydrogen) atoms. The van der Waals surface area contributed by atoms with Gasteiger partial charge in [-0.3, -0.25) is 4.79 Å². The van der Waals surface area contributed by atoms with Crippen LogP contribution in [0.15, 0.2) is 39.2 Å². The Hall–Kier alpha value is -2.19. The molecule has 2 heterocycles. The van der Waals surface area contributed by atoms with Gasteiger partial charge < -0.3 is 4.57 Å². The maximum atomic E-state index is 13.2. The normalized spacial score (nSPS) is 17.9. The summed E-state index contributed by atoms with van der Waals surface area (Å²) < 4.78 is 15.2. The van der Waals surface area contributed by atoms with E-state index in [0.717, 1.165) is 61.2 Å².